The topological polar surface area (TPSA) is 75.7 Å². The van der Waals surface area contributed by atoms with E-state index in [1.165, 1.54) is 6.07 Å². The summed E-state index contributed by atoms with van der Waals surface area (Å²) >= 11 is 5.30. The average Bonchev–Trinajstić information content (AvgIpc) is 2.16. The van der Waals surface area contributed by atoms with Crippen molar-refractivity contribution < 1.29 is 14.5 Å². The molecule has 0 unspecified atom stereocenters. The van der Waals surface area contributed by atoms with Crippen molar-refractivity contribution in [2.24, 2.45) is 5.16 Å². The van der Waals surface area contributed by atoms with Gasteiger partial charge < -0.3 is 5.21 Å². The Morgan fingerprint density at radius 3 is 2.79 bits per heavy atom. The molecule has 7 heteroatoms. The molecule has 0 heterocycles. The van der Waals surface area contributed by atoms with Crippen LogP contribution in [0.15, 0.2) is 23.4 Å². The summed E-state index contributed by atoms with van der Waals surface area (Å²) in [5.74, 6) is -0.915. The van der Waals surface area contributed by atoms with Crippen LogP contribution >= 0.6 is 11.6 Å². The van der Waals surface area contributed by atoms with Crippen molar-refractivity contribution in [2.75, 3.05) is 0 Å². The van der Waals surface area contributed by atoms with Gasteiger partial charge in [-0.05, 0) is 6.07 Å². The molecule has 1 aromatic carbocycles. The minimum Gasteiger partial charge on any atom is -0.410 e. The average molecular weight is 219 g/mol. The molecule has 5 nitrogen and oxygen atoms in total. The second-order valence-electron chi connectivity index (χ2n) is 2.28. The molecule has 0 spiro atoms. The number of nitrogens with zero attached hydrogens (tertiary/aromatic N) is 2. The van der Waals surface area contributed by atoms with Crippen LogP contribution < -0.4 is 0 Å². The van der Waals surface area contributed by atoms with Crippen molar-refractivity contribution >= 4 is 22.5 Å². The van der Waals surface area contributed by atoms with Crippen molar-refractivity contribution in [1.29, 1.82) is 0 Å². The normalized spacial score (nSPS) is 11.4. The lowest BCUT2D eigenvalue weighted by molar-refractivity contribution is -0.385. The molecule has 14 heavy (non-hydrogen) atoms. The maximum Gasteiger partial charge on any atom is 0.282 e. The predicted octanol–water partition coefficient (Wildman–Crippen LogP) is 2.11. The van der Waals surface area contributed by atoms with Crippen LogP contribution in [0.3, 0.4) is 0 Å². The van der Waals surface area contributed by atoms with Crippen LogP contribution in [0.25, 0.3) is 0 Å². The molecule has 1 rings (SSSR count). The molecule has 74 valence electrons. The van der Waals surface area contributed by atoms with Gasteiger partial charge in [-0.15, -0.1) is 0 Å². The van der Waals surface area contributed by atoms with Gasteiger partial charge in [0.15, 0.2) is 5.17 Å². The van der Waals surface area contributed by atoms with Crippen LogP contribution in [0, 0.1) is 15.9 Å². The first-order chi connectivity index (χ1) is 6.57. The van der Waals surface area contributed by atoms with Crippen LogP contribution in [-0.4, -0.2) is 15.3 Å². The lowest BCUT2D eigenvalue weighted by Gasteiger charge is -1.99. The quantitative estimate of drug-likeness (QED) is 0.357. The monoisotopic (exact) mass is 218 g/mol. The Balaban J connectivity index is 3.45. The molecule has 0 aliphatic rings. The standard InChI is InChI=1S/C7H4ClFN2O3/c8-7(10-12)6-4(9)2-1-3-5(6)11(13)14/h1-3,12H. The summed E-state index contributed by atoms with van der Waals surface area (Å²) < 4.78 is 13.1. The fourth-order valence-corrected chi connectivity index (χ4v) is 1.11. The molecule has 0 bridgehead atoms. The number of nitro benzene ring substituents is 1. The Morgan fingerprint density at radius 1 is 1.64 bits per heavy atom. The summed E-state index contributed by atoms with van der Waals surface area (Å²) in [7, 11) is 0. The molecule has 0 atom stereocenters. The number of hydrogen-bond donors (Lipinski definition) is 1. The van der Waals surface area contributed by atoms with Gasteiger partial charge in [-0.3, -0.25) is 10.1 Å². The Kier molecular flexibility index (Phi) is 2.98. The molecular formula is C7H4ClFN2O3. The van der Waals surface area contributed by atoms with E-state index in [1.54, 1.807) is 0 Å². The highest BCUT2D eigenvalue weighted by molar-refractivity contribution is 6.70. The van der Waals surface area contributed by atoms with E-state index in [4.69, 9.17) is 16.8 Å². The molecule has 0 fully saturated rings. The number of oxime groups is 1. The summed E-state index contributed by atoms with van der Waals surface area (Å²) in [4.78, 5) is 9.62. The van der Waals surface area contributed by atoms with E-state index in [1.807, 2.05) is 0 Å². The zero-order chi connectivity index (χ0) is 10.7. The number of nitro groups is 1. The minimum absolute atomic E-state index is 0.526. The molecule has 0 saturated carbocycles. The van der Waals surface area contributed by atoms with Gasteiger partial charge in [-0.25, -0.2) is 4.39 Å². The first kappa shape index (κ1) is 10.4. The zero-order valence-corrected chi connectivity index (χ0v) is 7.40. The zero-order valence-electron chi connectivity index (χ0n) is 6.65. The molecule has 1 aromatic rings. The van der Waals surface area contributed by atoms with E-state index < -0.39 is 27.2 Å². The third-order valence-corrected chi connectivity index (χ3v) is 1.75. The Morgan fingerprint density at radius 2 is 2.29 bits per heavy atom. The number of benzene rings is 1. The van der Waals surface area contributed by atoms with Gasteiger partial charge in [0.1, 0.15) is 11.4 Å². The van der Waals surface area contributed by atoms with Crippen LogP contribution in [0.2, 0.25) is 0 Å². The third-order valence-electron chi connectivity index (χ3n) is 1.48. The highest BCUT2D eigenvalue weighted by atomic mass is 35.5. The lowest BCUT2D eigenvalue weighted by atomic mass is 10.2. The SMILES string of the molecule is O=[N+]([O-])c1cccc(F)c1C(Cl)=NO. The van der Waals surface area contributed by atoms with Crippen LogP contribution in [0.5, 0.6) is 0 Å². The summed E-state index contributed by atoms with van der Waals surface area (Å²) in [6.45, 7) is 0. The van der Waals surface area contributed by atoms with E-state index >= 15 is 0 Å². The van der Waals surface area contributed by atoms with Gasteiger partial charge in [0, 0.05) is 6.07 Å². The van der Waals surface area contributed by atoms with Gasteiger partial charge in [-0.2, -0.15) is 0 Å². The van der Waals surface area contributed by atoms with Crippen LogP contribution in [0.1, 0.15) is 5.56 Å². The minimum atomic E-state index is -0.915. The fraction of sp³-hybridized carbons (Fsp3) is 0. The van der Waals surface area contributed by atoms with E-state index in [2.05, 4.69) is 5.16 Å². The van der Waals surface area contributed by atoms with Crippen molar-refractivity contribution in [3.05, 3.63) is 39.7 Å². The first-order valence-corrected chi connectivity index (χ1v) is 3.76. The van der Waals surface area contributed by atoms with Gasteiger partial charge >= 0.3 is 0 Å². The predicted molar refractivity (Wildman–Crippen MR) is 47.2 cm³/mol. The molecule has 0 radical (unpaired) electrons. The van der Waals surface area contributed by atoms with Crippen LogP contribution in [-0.2, 0) is 0 Å². The van der Waals surface area contributed by atoms with Crippen molar-refractivity contribution in [1.82, 2.24) is 0 Å². The molecule has 1 N–H and O–H groups in total. The molecule has 0 aliphatic carbocycles. The highest BCUT2D eigenvalue weighted by Gasteiger charge is 2.21. The maximum absolute atomic E-state index is 13.1. The number of hydrogen-bond acceptors (Lipinski definition) is 4. The Bertz CT molecular complexity index is 408. The summed E-state index contributed by atoms with van der Waals surface area (Å²) in [5.41, 5.74) is -1.07. The molecular weight excluding hydrogens is 215 g/mol. The largest absolute Gasteiger partial charge is 0.410 e. The van der Waals surface area contributed by atoms with Crippen molar-refractivity contribution in [3.8, 4) is 0 Å². The second-order valence-corrected chi connectivity index (χ2v) is 2.64. The molecule has 0 aliphatic heterocycles. The van der Waals surface area contributed by atoms with E-state index in [0.717, 1.165) is 12.1 Å². The smallest absolute Gasteiger partial charge is 0.282 e. The van der Waals surface area contributed by atoms with E-state index in [-0.39, 0.29) is 0 Å². The third kappa shape index (κ3) is 1.80. The van der Waals surface area contributed by atoms with Crippen LogP contribution in [0.4, 0.5) is 10.1 Å². The summed E-state index contributed by atoms with van der Waals surface area (Å²) in [5, 5.41) is 20.6. The molecule has 0 aromatic heterocycles. The van der Waals surface area contributed by atoms with Gasteiger partial charge in [0.05, 0.1) is 4.92 Å². The Labute approximate surface area is 82.6 Å². The van der Waals surface area contributed by atoms with Gasteiger partial charge in [0.25, 0.3) is 5.69 Å². The van der Waals surface area contributed by atoms with Gasteiger partial charge in [-0.1, -0.05) is 22.8 Å². The second kappa shape index (κ2) is 4.01. The summed E-state index contributed by atoms with van der Waals surface area (Å²) in [6.07, 6.45) is 0. The molecule has 0 amide bonds. The highest BCUT2D eigenvalue weighted by Crippen LogP contribution is 2.23. The first-order valence-electron chi connectivity index (χ1n) is 3.38. The molecule has 0 saturated heterocycles. The number of rotatable bonds is 2. The van der Waals surface area contributed by atoms with E-state index in [9.17, 15) is 14.5 Å². The van der Waals surface area contributed by atoms with Crippen molar-refractivity contribution in [3.63, 3.8) is 0 Å². The van der Waals surface area contributed by atoms with E-state index in [0.29, 0.717) is 0 Å². The Hall–Kier alpha value is -1.69. The van der Waals surface area contributed by atoms with Crippen molar-refractivity contribution in [2.45, 2.75) is 0 Å². The van der Waals surface area contributed by atoms with Gasteiger partial charge in [0.2, 0.25) is 0 Å². The summed E-state index contributed by atoms with van der Waals surface area (Å²) in [6, 6.07) is 3.21. The lowest BCUT2D eigenvalue weighted by Crippen LogP contribution is -2.02. The fourth-order valence-electron chi connectivity index (χ4n) is 0.919. The number of halogens is 2. The maximum atomic E-state index is 13.1.